The number of anilines is 1. The second-order valence-electron chi connectivity index (χ2n) is 6.40. The highest BCUT2D eigenvalue weighted by Gasteiger charge is 2.26. The molecule has 1 N–H and O–H groups in total. The second-order valence-corrected chi connectivity index (χ2v) is 7.43. The van der Waals surface area contributed by atoms with Gasteiger partial charge in [-0.25, -0.2) is 4.98 Å². The topological polar surface area (TPSA) is 71.5 Å². The Bertz CT molecular complexity index is 987. The summed E-state index contributed by atoms with van der Waals surface area (Å²) in [5.74, 6) is -0.179. The molecule has 1 aliphatic rings. The lowest BCUT2D eigenvalue weighted by atomic mass is 10.1. The van der Waals surface area contributed by atoms with Gasteiger partial charge in [-0.3, -0.25) is 9.59 Å². The van der Waals surface area contributed by atoms with Crippen molar-refractivity contribution in [3.8, 4) is 0 Å². The van der Waals surface area contributed by atoms with Crippen LogP contribution in [0.4, 0.5) is 5.13 Å². The van der Waals surface area contributed by atoms with Gasteiger partial charge in [-0.2, -0.15) is 0 Å². The Morgan fingerprint density at radius 2 is 2.04 bits per heavy atom. The van der Waals surface area contributed by atoms with Crippen LogP contribution in [-0.4, -0.2) is 41.4 Å². The summed E-state index contributed by atoms with van der Waals surface area (Å²) in [5, 5.41) is 3.23. The Morgan fingerprint density at radius 3 is 2.81 bits per heavy atom. The SMILES string of the molecule is CC(=O)Nc1nc2ccc(C(=O)N3CCO[C@H](c4ccccc4)C3)cc2s1. The molecule has 4 rings (SSSR count). The molecule has 0 saturated carbocycles. The zero-order valence-electron chi connectivity index (χ0n) is 14.8. The van der Waals surface area contributed by atoms with Gasteiger partial charge in [-0.05, 0) is 23.8 Å². The number of carbonyl (C=O) groups excluding carboxylic acids is 2. The summed E-state index contributed by atoms with van der Waals surface area (Å²) >= 11 is 1.36. The molecule has 0 bridgehead atoms. The number of fused-ring (bicyclic) bond motifs is 1. The summed E-state index contributed by atoms with van der Waals surface area (Å²) in [4.78, 5) is 30.4. The van der Waals surface area contributed by atoms with Crippen molar-refractivity contribution in [1.29, 1.82) is 0 Å². The van der Waals surface area contributed by atoms with Crippen LogP contribution >= 0.6 is 11.3 Å². The van der Waals surface area contributed by atoms with Crippen LogP contribution in [0.1, 0.15) is 28.9 Å². The van der Waals surface area contributed by atoms with Gasteiger partial charge in [-0.1, -0.05) is 41.7 Å². The van der Waals surface area contributed by atoms with Crippen LogP contribution in [0.15, 0.2) is 48.5 Å². The molecule has 1 fully saturated rings. The standard InChI is InChI=1S/C20H19N3O3S/c1-13(24)21-20-22-16-8-7-15(11-18(16)27-20)19(25)23-9-10-26-17(12-23)14-5-3-2-4-6-14/h2-8,11,17H,9-10,12H2,1H3,(H,21,22,24)/t17-/m0/s1. The van der Waals surface area contributed by atoms with E-state index in [0.29, 0.717) is 30.4 Å². The number of ether oxygens (including phenoxy) is 1. The Hall–Kier alpha value is -2.77. The van der Waals surface area contributed by atoms with Crippen molar-refractivity contribution in [2.24, 2.45) is 0 Å². The van der Waals surface area contributed by atoms with E-state index in [1.54, 1.807) is 6.07 Å². The molecule has 7 heteroatoms. The van der Waals surface area contributed by atoms with Gasteiger partial charge in [0.25, 0.3) is 5.91 Å². The number of aromatic nitrogens is 1. The third kappa shape index (κ3) is 3.84. The highest BCUT2D eigenvalue weighted by Crippen LogP contribution is 2.28. The Kier molecular flexibility index (Phi) is 4.87. The first-order valence-electron chi connectivity index (χ1n) is 8.74. The van der Waals surface area contributed by atoms with Crippen molar-refractivity contribution in [1.82, 2.24) is 9.88 Å². The number of nitrogens with zero attached hydrogens (tertiary/aromatic N) is 2. The Morgan fingerprint density at radius 1 is 1.22 bits per heavy atom. The van der Waals surface area contributed by atoms with E-state index in [4.69, 9.17) is 4.74 Å². The lowest BCUT2D eigenvalue weighted by Gasteiger charge is -2.33. The molecule has 1 aromatic heterocycles. The van der Waals surface area contributed by atoms with Gasteiger partial charge in [0.15, 0.2) is 5.13 Å². The molecule has 3 aromatic rings. The van der Waals surface area contributed by atoms with Gasteiger partial charge in [0.05, 0.1) is 23.4 Å². The van der Waals surface area contributed by atoms with Crippen LogP contribution in [0.25, 0.3) is 10.2 Å². The number of morpholine rings is 1. The van der Waals surface area contributed by atoms with Crippen molar-refractivity contribution in [2.45, 2.75) is 13.0 Å². The summed E-state index contributed by atoms with van der Waals surface area (Å²) in [6.07, 6.45) is -0.109. The largest absolute Gasteiger partial charge is 0.370 e. The Labute approximate surface area is 160 Å². The van der Waals surface area contributed by atoms with Crippen molar-refractivity contribution < 1.29 is 14.3 Å². The van der Waals surface area contributed by atoms with Crippen LogP contribution in [0, 0.1) is 0 Å². The second kappa shape index (κ2) is 7.46. The molecule has 0 unspecified atom stereocenters. The molecule has 1 atom stereocenters. The molecule has 1 saturated heterocycles. The maximum absolute atomic E-state index is 13.0. The third-order valence-corrected chi connectivity index (χ3v) is 5.38. The molecular weight excluding hydrogens is 362 g/mol. The van der Waals surface area contributed by atoms with Gasteiger partial charge in [0, 0.05) is 19.0 Å². The minimum absolute atomic E-state index is 0.0180. The lowest BCUT2D eigenvalue weighted by Crippen LogP contribution is -2.42. The number of rotatable bonds is 3. The van der Waals surface area contributed by atoms with Crippen LogP contribution in [0.2, 0.25) is 0 Å². The van der Waals surface area contributed by atoms with E-state index < -0.39 is 0 Å². The molecule has 138 valence electrons. The summed E-state index contributed by atoms with van der Waals surface area (Å²) in [6.45, 7) is 3.06. The third-order valence-electron chi connectivity index (χ3n) is 4.44. The molecule has 0 spiro atoms. The first-order chi connectivity index (χ1) is 13.1. The van der Waals surface area contributed by atoms with Gasteiger partial charge in [0.1, 0.15) is 6.10 Å². The molecule has 2 amide bonds. The number of hydrogen-bond acceptors (Lipinski definition) is 5. The van der Waals surface area contributed by atoms with Crippen LogP contribution in [0.5, 0.6) is 0 Å². The smallest absolute Gasteiger partial charge is 0.254 e. The van der Waals surface area contributed by atoms with Crippen molar-refractivity contribution >= 4 is 38.5 Å². The van der Waals surface area contributed by atoms with Gasteiger partial charge in [0.2, 0.25) is 5.91 Å². The summed E-state index contributed by atoms with van der Waals surface area (Å²) in [5.41, 5.74) is 2.46. The quantitative estimate of drug-likeness (QED) is 0.754. The maximum Gasteiger partial charge on any atom is 0.254 e. The highest BCUT2D eigenvalue weighted by molar-refractivity contribution is 7.22. The van der Waals surface area contributed by atoms with E-state index in [2.05, 4.69) is 10.3 Å². The van der Waals surface area contributed by atoms with Gasteiger partial charge in [-0.15, -0.1) is 0 Å². The molecule has 0 radical (unpaired) electrons. The minimum Gasteiger partial charge on any atom is -0.370 e. The van der Waals surface area contributed by atoms with Crippen molar-refractivity contribution in [2.75, 3.05) is 25.0 Å². The number of thiazole rings is 1. The van der Waals surface area contributed by atoms with E-state index in [1.165, 1.54) is 18.3 Å². The predicted octanol–water partition coefficient (Wildman–Crippen LogP) is 3.47. The molecule has 0 aliphatic carbocycles. The van der Waals surface area contributed by atoms with Crippen LogP contribution < -0.4 is 5.32 Å². The fourth-order valence-electron chi connectivity index (χ4n) is 3.15. The fraction of sp³-hybridized carbons (Fsp3) is 0.250. The number of hydrogen-bond donors (Lipinski definition) is 1. The van der Waals surface area contributed by atoms with E-state index in [9.17, 15) is 9.59 Å². The molecular formula is C20H19N3O3S. The van der Waals surface area contributed by atoms with E-state index >= 15 is 0 Å². The average Bonchev–Trinajstić information content (AvgIpc) is 3.08. The van der Waals surface area contributed by atoms with Crippen LogP contribution in [0.3, 0.4) is 0 Å². The van der Waals surface area contributed by atoms with Gasteiger partial charge < -0.3 is 15.0 Å². The lowest BCUT2D eigenvalue weighted by molar-refractivity contribution is -0.114. The molecule has 1 aliphatic heterocycles. The summed E-state index contributed by atoms with van der Waals surface area (Å²) < 4.78 is 6.72. The van der Waals surface area contributed by atoms with E-state index in [0.717, 1.165) is 15.8 Å². The zero-order valence-corrected chi connectivity index (χ0v) is 15.7. The number of amides is 2. The summed E-state index contributed by atoms with van der Waals surface area (Å²) in [7, 11) is 0. The average molecular weight is 381 g/mol. The van der Waals surface area contributed by atoms with E-state index in [-0.39, 0.29) is 17.9 Å². The number of nitrogens with one attached hydrogen (secondary N) is 1. The molecule has 2 aromatic carbocycles. The molecule has 2 heterocycles. The summed E-state index contributed by atoms with van der Waals surface area (Å²) in [6, 6.07) is 15.4. The molecule has 27 heavy (non-hydrogen) atoms. The highest BCUT2D eigenvalue weighted by atomic mass is 32.1. The minimum atomic E-state index is -0.161. The van der Waals surface area contributed by atoms with Crippen LogP contribution in [-0.2, 0) is 9.53 Å². The van der Waals surface area contributed by atoms with Gasteiger partial charge >= 0.3 is 0 Å². The van der Waals surface area contributed by atoms with Crippen molar-refractivity contribution in [3.63, 3.8) is 0 Å². The van der Waals surface area contributed by atoms with Crippen molar-refractivity contribution in [3.05, 3.63) is 59.7 Å². The normalized spacial score (nSPS) is 17.1. The predicted molar refractivity (Wildman–Crippen MR) is 105 cm³/mol. The Balaban J connectivity index is 1.54. The zero-order chi connectivity index (χ0) is 18.8. The monoisotopic (exact) mass is 381 g/mol. The maximum atomic E-state index is 13.0. The fourth-order valence-corrected chi connectivity index (χ4v) is 4.10. The van der Waals surface area contributed by atoms with E-state index in [1.807, 2.05) is 47.4 Å². The first kappa shape index (κ1) is 17.6. The number of carbonyl (C=O) groups is 2. The number of benzene rings is 2. The molecule has 6 nitrogen and oxygen atoms in total. The first-order valence-corrected chi connectivity index (χ1v) is 9.56.